The van der Waals surface area contributed by atoms with Crippen LogP contribution in [0.15, 0.2) is 48.5 Å². The van der Waals surface area contributed by atoms with Crippen LogP contribution in [0.2, 0.25) is 0 Å². The third-order valence-electron chi connectivity index (χ3n) is 5.82. The van der Waals surface area contributed by atoms with Crippen LogP contribution in [0.4, 0.5) is 0 Å². The third kappa shape index (κ3) is 4.65. The van der Waals surface area contributed by atoms with Crippen LogP contribution in [0.25, 0.3) is 11.1 Å². The van der Waals surface area contributed by atoms with Crippen molar-refractivity contribution in [3.63, 3.8) is 0 Å². The zero-order valence-corrected chi connectivity index (χ0v) is 17.3. The predicted octanol–water partition coefficient (Wildman–Crippen LogP) is 2.66. The molecule has 6 nitrogen and oxygen atoms in total. The van der Waals surface area contributed by atoms with E-state index in [2.05, 4.69) is 17.4 Å². The highest BCUT2D eigenvalue weighted by atomic mass is 16.5. The molecule has 0 aliphatic carbocycles. The molecular weight excluding hydrogens is 380 g/mol. The van der Waals surface area contributed by atoms with E-state index in [1.165, 1.54) is 0 Å². The Balaban J connectivity index is 1.50. The quantitative estimate of drug-likeness (QED) is 0.826. The summed E-state index contributed by atoms with van der Waals surface area (Å²) >= 11 is 0. The minimum absolute atomic E-state index is 0.00410. The molecule has 0 spiro atoms. The molecular formula is C24H28N2O4. The summed E-state index contributed by atoms with van der Waals surface area (Å²) in [5, 5.41) is 2.96. The van der Waals surface area contributed by atoms with Crippen molar-refractivity contribution in [1.82, 2.24) is 10.2 Å². The fraction of sp³-hybridized carbons (Fsp3) is 0.417. The van der Waals surface area contributed by atoms with E-state index >= 15 is 0 Å². The summed E-state index contributed by atoms with van der Waals surface area (Å²) in [7, 11) is 1.66. The first-order valence-corrected chi connectivity index (χ1v) is 10.6. The SMILES string of the molecule is COc1cccc(-c2cccc(C[C@H]3CN(C(=O)[C@@H]4CCCO4)CCNC3=O)c2)c1. The number of amides is 2. The van der Waals surface area contributed by atoms with Gasteiger partial charge >= 0.3 is 0 Å². The van der Waals surface area contributed by atoms with Crippen molar-refractivity contribution < 1.29 is 19.1 Å². The Morgan fingerprint density at radius 1 is 1.20 bits per heavy atom. The fourth-order valence-electron chi connectivity index (χ4n) is 4.20. The van der Waals surface area contributed by atoms with Crippen LogP contribution in [-0.4, -0.2) is 56.2 Å². The number of hydrogen-bond donors (Lipinski definition) is 1. The van der Waals surface area contributed by atoms with Gasteiger partial charge in [-0.2, -0.15) is 0 Å². The molecule has 0 radical (unpaired) electrons. The van der Waals surface area contributed by atoms with Crippen molar-refractivity contribution in [1.29, 1.82) is 0 Å². The van der Waals surface area contributed by atoms with E-state index in [4.69, 9.17) is 9.47 Å². The van der Waals surface area contributed by atoms with Crippen molar-refractivity contribution >= 4 is 11.8 Å². The second kappa shape index (κ2) is 9.30. The molecule has 4 rings (SSSR count). The van der Waals surface area contributed by atoms with E-state index in [-0.39, 0.29) is 23.8 Å². The van der Waals surface area contributed by atoms with Gasteiger partial charge in [-0.3, -0.25) is 9.59 Å². The van der Waals surface area contributed by atoms with Crippen LogP contribution in [0.5, 0.6) is 5.75 Å². The molecule has 158 valence electrons. The van der Waals surface area contributed by atoms with Gasteiger partial charge in [0, 0.05) is 26.2 Å². The lowest BCUT2D eigenvalue weighted by molar-refractivity contribution is -0.141. The molecule has 0 bridgehead atoms. The lowest BCUT2D eigenvalue weighted by atomic mass is 9.95. The van der Waals surface area contributed by atoms with Crippen LogP contribution in [-0.2, 0) is 20.7 Å². The van der Waals surface area contributed by atoms with Gasteiger partial charge in [0.05, 0.1) is 13.0 Å². The van der Waals surface area contributed by atoms with Gasteiger partial charge in [-0.25, -0.2) is 0 Å². The van der Waals surface area contributed by atoms with Crippen LogP contribution in [0.1, 0.15) is 18.4 Å². The number of carbonyl (C=O) groups is 2. The van der Waals surface area contributed by atoms with E-state index < -0.39 is 0 Å². The van der Waals surface area contributed by atoms with E-state index in [0.29, 0.717) is 32.7 Å². The molecule has 2 heterocycles. The first-order chi connectivity index (χ1) is 14.6. The normalized spacial score (nSPS) is 21.8. The van der Waals surface area contributed by atoms with E-state index in [1.54, 1.807) is 12.0 Å². The Morgan fingerprint density at radius 2 is 2.00 bits per heavy atom. The minimum Gasteiger partial charge on any atom is -0.497 e. The summed E-state index contributed by atoms with van der Waals surface area (Å²) in [6, 6.07) is 16.1. The number of carbonyl (C=O) groups excluding carboxylic acids is 2. The van der Waals surface area contributed by atoms with Crippen molar-refractivity contribution in [2.45, 2.75) is 25.4 Å². The maximum absolute atomic E-state index is 12.8. The molecule has 2 fully saturated rings. The molecule has 0 aromatic heterocycles. The van der Waals surface area contributed by atoms with E-state index in [9.17, 15) is 9.59 Å². The monoisotopic (exact) mass is 408 g/mol. The number of nitrogens with zero attached hydrogens (tertiary/aromatic N) is 1. The highest BCUT2D eigenvalue weighted by molar-refractivity contribution is 5.84. The highest BCUT2D eigenvalue weighted by Crippen LogP contribution is 2.26. The Bertz CT molecular complexity index is 908. The first kappa shape index (κ1) is 20.4. The molecule has 2 aliphatic heterocycles. The van der Waals surface area contributed by atoms with Crippen molar-refractivity contribution in [2.24, 2.45) is 5.92 Å². The van der Waals surface area contributed by atoms with Crippen molar-refractivity contribution in [3.05, 3.63) is 54.1 Å². The van der Waals surface area contributed by atoms with Gasteiger partial charge < -0.3 is 19.7 Å². The van der Waals surface area contributed by atoms with Gasteiger partial charge in [-0.1, -0.05) is 36.4 Å². The zero-order chi connectivity index (χ0) is 20.9. The number of ether oxygens (including phenoxy) is 2. The summed E-state index contributed by atoms with van der Waals surface area (Å²) in [5.41, 5.74) is 3.21. The molecule has 1 N–H and O–H groups in total. The van der Waals surface area contributed by atoms with Gasteiger partial charge in [0.25, 0.3) is 5.91 Å². The second-order valence-electron chi connectivity index (χ2n) is 7.91. The lowest BCUT2D eigenvalue weighted by Crippen LogP contribution is -2.42. The first-order valence-electron chi connectivity index (χ1n) is 10.6. The van der Waals surface area contributed by atoms with Gasteiger partial charge in [-0.15, -0.1) is 0 Å². The maximum Gasteiger partial charge on any atom is 0.251 e. The predicted molar refractivity (Wildman–Crippen MR) is 114 cm³/mol. The van der Waals surface area contributed by atoms with Crippen molar-refractivity contribution in [3.8, 4) is 16.9 Å². The standard InChI is InChI=1S/C24H28N2O4/c1-29-21-8-3-7-19(15-21)18-6-2-5-17(13-18)14-20-16-26(11-10-25-23(20)27)24(28)22-9-4-12-30-22/h2-3,5-8,13,15,20,22H,4,9-12,14,16H2,1H3,(H,25,27)/t20-,22-/m0/s1. The molecule has 2 aliphatic rings. The topological polar surface area (TPSA) is 67.9 Å². The molecule has 2 amide bonds. The fourth-order valence-corrected chi connectivity index (χ4v) is 4.20. The average molecular weight is 408 g/mol. The number of hydrogen-bond acceptors (Lipinski definition) is 4. The molecule has 30 heavy (non-hydrogen) atoms. The van der Waals surface area contributed by atoms with Crippen LogP contribution in [0, 0.1) is 5.92 Å². The molecule has 2 aromatic carbocycles. The third-order valence-corrected chi connectivity index (χ3v) is 5.82. The summed E-state index contributed by atoms with van der Waals surface area (Å²) in [6.07, 6.45) is 1.92. The maximum atomic E-state index is 12.8. The largest absolute Gasteiger partial charge is 0.497 e. The number of methoxy groups -OCH3 is 1. The smallest absolute Gasteiger partial charge is 0.251 e. The molecule has 0 saturated carbocycles. The zero-order valence-electron chi connectivity index (χ0n) is 17.3. The van der Waals surface area contributed by atoms with Gasteiger partial charge in [-0.05, 0) is 48.1 Å². The molecule has 6 heteroatoms. The Labute approximate surface area is 177 Å². The number of rotatable bonds is 5. The molecule has 0 unspecified atom stereocenters. The molecule has 2 aromatic rings. The minimum atomic E-state index is -0.352. The van der Waals surface area contributed by atoms with Crippen LogP contribution < -0.4 is 10.1 Å². The Hall–Kier alpha value is -2.86. The van der Waals surface area contributed by atoms with E-state index in [1.807, 2.05) is 36.4 Å². The van der Waals surface area contributed by atoms with Gasteiger partial charge in [0.15, 0.2) is 0 Å². The molecule has 2 atom stereocenters. The number of nitrogens with one attached hydrogen (secondary N) is 1. The van der Waals surface area contributed by atoms with Gasteiger partial charge in [0.2, 0.25) is 5.91 Å². The van der Waals surface area contributed by atoms with Crippen molar-refractivity contribution in [2.75, 3.05) is 33.4 Å². The number of benzene rings is 2. The Morgan fingerprint density at radius 3 is 2.77 bits per heavy atom. The van der Waals surface area contributed by atoms with Crippen LogP contribution in [0.3, 0.4) is 0 Å². The van der Waals surface area contributed by atoms with Crippen LogP contribution >= 0.6 is 0 Å². The summed E-state index contributed by atoms with van der Waals surface area (Å²) < 4.78 is 10.9. The Kier molecular flexibility index (Phi) is 6.33. The summed E-state index contributed by atoms with van der Waals surface area (Å²) in [6.45, 7) is 2.08. The summed E-state index contributed by atoms with van der Waals surface area (Å²) in [4.78, 5) is 27.3. The molecule has 2 saturated heterocycles. The lowest BCUT2D eigenvalue weighted by Gasteiger charge is -2.25. The highest BCUT2D eigenvalue weighted by Gasteiger charge is 2.33. The van der Waals surface area contributed by atoms with Gasteiger partial charge in [0.1, 0.15) is 11.9 Å². The van der Waals surface area contributed by atoms with E-state index in [0.717, 1.165) is 35.3 Å². The average Bonchev–Trinajstić information content (AvgIpc) is 3.26. The second-order valence-corrected chi connectivity index (χ2v) is 7.91. The summed E-state index contributed by atoms with van der Waals surface area (Å²) in [5.74, 6) is 0.548.